The Morgan fingerprint density at radius 1 is 1.77 bits per heavy atom. The Kier molecular flexibility index (Phi) is 4.49. The van der Waals surface area contributed by atoms with Crippen molar-refractivity contribution in [2.45, 2.75) is 12.5 Å². The Morgan fingerprint density at radius 2 is 2.62 bits per heavy atom. The van der Waals surface area contributed by atoms with E-state index in [1.807, 2.05) is 0 Å². The number of nitrogens with one attached hydrogen (secondary N) is 1. The summed E-state index contributed by atoms with van der Waals surface area (Å²) in [7, 11) is 1.37. The summed E-state index contributed by atoms with van der Waals surface area (Å²) in [4.78, 5) is 10.6. The van der Waals surface area contributed by atoms with Crippen molar-refractivity contribution in [2.24, 2.45) is 0 Å². The molecule has 1 aliphatic rings. The molecule has 1 rings (SSSR count). The topological polar surface area (TPSA) is 47.6 Å². The summed E-state index contributed by atoms with van der Waals surface area (Å²) >= 11 is 0. The molecule has 0 saturated carbocycles. The third-order valence-electron chi connectivity index (χ3n) is 1.91. The summed E-state index contributed by atoms with van der Waals surface area (Å²) in [5, 5.41) is 3.24. The summed E-state index contributed by atoms with van der Waals surface area (Å²) in [6.07, 6.45) is 4.22. The maximum absolute atomic E-state index is 10.6. The molecule has 0 aromatic rings. The first-order valence-electron chi connectivity index (χ1n) is 4.38. The van der Waals surface area contributed by atoms with Crippen molar-refractivity contribution >= 4 is 5.97 Å². The van der Waals surface area contributed by atoms with E-state index in [1.165, 1.54) is 13.2 Å². The van der Waals surface area contributed by atoms with Crippen LogP contribution < -0.4 is 5.32 Å². The molecule has 1 N–H and O–H groups in total. The molecule has 1 aliphatic heterocycles. The first kappa shape index (κ1) is 10.2. The van der Waals surface area contributed by atoms with Crippen LogP contribution in [0.1, 0.15) is 6.42 Å². The minimum absolute atomic E-state index is 0.315. The minimum atomic E-state index is -0.315. The van der Waals surface area contributed by atoms with E-state index in [0.29, 0.717) is 12.6 Å². The van der Waals surface area contributed by atoms with Crippen molar-refractivity contribution in [1.29, 1.82) is 0 Å². The lowest BCUT2D eigenvalue weighted by Crippen LogP contribution is -2.29. The average Bonchev–Trinajstić information content (AvgIpc) is 2.64. The molecule has 0 aromatic heterocycles. The Hall–Kier alpha value is -0.870. The number of ether oxygens (including phenoxy) is 2. The van der Waals surface area contributed by atoms with Crippen molar-refractivity contribution in [2.75, 3.05) is 26.9 Å². The van der Waals surface area contributed by atoms with E-state index >= 15 is 0 Å². The normalized spacial score (nSPS) is 22.4. The highest BCUT2D eigenvalue weighted by Gasteiger charge is 2.13. The smallest absolute Gasteiger partial charge is 0.330 e. The molecular weight excluding hydrogens is 170 g/mol. The molecule has 4 heteroatoms. The second-order valence-electron chi connectivity index (χ2n) is 2.89. The van der Waals surface area contributed by atoms with Crippen LogP contribution in [-0.2, 0) is 14.3 Å². The molecule has 4 nitrogen and oxygen atoms in total. The summed E-state index contributed by atoms with van der Waals surface area (Å²) in [6, 6.07) is 0.433. The van der Waals surface area contributed by atoms with Crippen LogP contribution in [0, 0.1) is 0 Å². The average molecular weight is 185 g/mol. The van der Waals surface area contributed by atoms with Crippen molar-refractivity contribution in [1.82, 2.24) is 5.32 Å². The van der Waals surface area contributed by atoms with Crippen LogP contribution in [0.15, 0.2) is 12.2 Å². The number of methoxy groups -OCH3 is 1. The summed E-state index contributed by atoms with van der Waals surface area (Å²) in [5.41, 5.74) is 0. The van der Waals surface area contributed by atoms with E-state index in [2.05, 4.69) is 10.1 Å². The van der Waals surface area contributed by atoms with Crippen LogP contribution in [0.3, 0.4) is 0 Å². The van der Waals surface area contributed by atoms with E-state index < -0.39 is 0 Å². The van der Waals surface area contributed by atoms with Gasteiger partial charge in [0.15, 0.2) is 0 Å². The molecule has 1 fully saturated rings. The highest BCUT2D eigenvalue weighted by Crippen LogP contribution is 2.02. The summed E-state index contributed by atoms with van der Waals surface area (Å²) in [6.45, 7) is 2.29. The number of carbonyl (C=O) groups excluding carboxylic acids is 1. The van der Waals surface area contributed by atoms with Crippen molar-refractivity contribution < 1.29 is 14.3 Å². The zero-order chi connectivity index (χ0) is 9.52. The van der Waals surface area contributed by atoms with Gasteiger partial charge in [0.25, 0.3) is 0 Å². The number of hydrogen-bond donors (Lipinski definition) is 1. The Morgan fingerprint density at radius 3 is 3.23 bits per heavy atom. The lowest BCUT2D eigenvalue weighted by atomic mass is 10.2. The van der Waals surface area contributed by atoms with Gasteiger partial charge >= 0.3 is 5.97 Å². The predicted molar refractivity (Wildman–Crippen MR) is 48.4 cm³/mol. The highest BCUT2D eigenvalue weighted by molar-refractivity contribution is 5.81. The van der Waals surface area contributed by atoms with Crippen LogP contribution in [-0.4, -0.2) is 38.9 Å². The van der Waals surface area contributed by atoms with E-state index in [-0.39, 0.29) is 5.97 Å². The van der Waals surface area contributed by atoms with Crippen LogP contribution in [0.5, 0.6) is 0 Å². The van der Waals surface area contributed by atoms with Gasteiger partial charge in [0.1, 0.15) is 0 Å². The second kappa shape index (κ2) is 5.72. The summed E-state index contributed by atoms with van der Waals surface area (Å²) < 4.78 is 9.62. The van der Waals surface area contributed by atoms with Crippen LogP contribution >= 0.6 is 0 Å². The number of hydrogen-bond acceptors (Lipinski definition) is 4. The molecule has 0 unspecified atom stereocenters. The summed E-state index contributed by atoms with van der Waals surface area (Å²) in [5.74, 6) is -0.315. The predicted octanol–water partition coefficient (Wildman–Crippen LogP) is 0.0941. The van der Waals surface area contributed by atoms with Crippen LogP contribution in [0.2, 0.25) is 0 Å². The molecule has 1 saturated heterocycles. The van der Waals surface area contributed by atoms with Crippen LogP contribution in [0.4, 0.5) is 0 Å². The molecular formula is C9H15NO3. The Bertz CT molecular complexity index is 185. The quantitative estimate of drug-likeness (QED) is 0.498. The highest BCUT2D eigenvalue weighted by atomic mass is 16.5. The lowest BCUT2D eigenvalue weighted by molar-refractivity contribution is -0.134. The third kappa shape index (κ3) is 4.05. The fraction of sp³-hybridized carbons (Fsp3) is 0.667. The van der Waals surface area contributed by atoms with E-state index in [4.69, 9.17) is 4.74 Å². The van der Waals surface area contributed by atoms with Gasteiger partial charge in [0.2, 0.25) is 0 Å². The molecule has 13 heavy (non-hydrogen) atoms. The largest absolute Gasteiger partial charge is 0.466 e. The maximum atomic E-state index is 10.6. The van der Waals surface area contributed by atoms with Gasteiger partial charge in [-0.3, -0.25) is 0 Å². The van der Waals surface area contributed by atoms with Gasteiger partial charge in [-0.15, -0.1) is 0 Å². The maximum Gasteiger partial charge on any atom is 0.330 e. The molecule has 0 aliphatic carbocycles. The minimum Gasteiger partial charge on any atom is -0.466 e. The monoisotopic (exact) mass is 185 g/mol. The molecule has 0 aromatic carbocycles. The van der Waals surface area contributed by atoms with Crippen molar-refractivity contribution in [3.05, 3.63) is 12.2 Å². The standard InChI is InChI=1S/C9H15NO3/c1-12-9(11)3-2-5-10-8-4-6-13-7-8/h2-3,8,10H,4-7H2,1H3/b3-2+/t8-/m1/s1. The molecule has 1 atom stereocenters. The Labute approximate surface area is 77.9 Å². The fourth-order valence-electron chi connectivity index (χ4n) is 1.15. The van der Waals surface area contributed by atoms with Gasteiger partial charge in [-0.1, -0.05) is 6.08 Å². The SMILES string of the molecule is COC(=O)/C=C/CN[C@@H]1CCOC1. The lowest BCUT2D eigenvalue weighted by Gasteiger charge is -2.06. The van der Waals surface area contributed by atoms with Crippen LogP contribution in [0.25, 0.3) is 0 Å². The van der Waals surface area contributed by atoms with Crippen molar-refractivity contribution in [3.8, 4) is 0 Å². The molecule has 0 amide bonds. The van der Waals surface area contributed by atoms with Gasteiger partial charge in [0, 0.05) is 25.3 Å². The second-order valence-corrected chi connectivity index (χ2v) is 2.89. The zero-order valence-corrected chi connectivity index (χ0v) is 7.79. The van der Waals surface area contributed by atoms with Gasteiger partial charge in [0.05, 0.1) is 13.7 Å². The van der Waals surface area contributed by atoms with E-state index in [0.717, 1.165) is 19.6 Å². The molecule has 0 bridgehead atoms. The first-order valence-corrected chi connectivity index (χ1v) is 4.38. The fourth-order valence-corrected chi connectivity index (χ4v) is 1.15. The van der Waals surface area contributed by atoms with E-state index in [1.54, 1.807) is 6.08 Å². The van der Waals surface area contributed by atoms with Crippen molar-refractivity contribution in [3.63, 3.8) is 0 Å². The van der Waals surface area contributed by atoms with Gasteiger partial charge in [-0.05, 0) is 6.42 Å². The number of rotatable bonds is 4. The molecule has 1 heterocycles. The van der Waals surface area contributed by atoms with E-state index in [9.17, 15) is 4.79 Å². The Balaban J connectivity index is 2.05. The molecule has 0 radical (unpaired) electrons. The molecule has 74 valence electrons. The van der Waals surface area contributed by atoms with Gasteiger partial charge in [-0.25, -0.2) is 4.79 Å². The third-order valence-corrected chi connectivity index (χ3v) is 1.91. The van der Waals surface area contributed by atoms with Gasteiger partial charge in [-0.2, -0.15) is 0 Å². The number of carbonyl (C=O) groups is 1. The first-order chi connectivity index (χ1) is 6.33. The van der Waals surface area contributed by atoms with Gasteiger partial charge < -0.3 is 14.8 Å². The number of esters is 1. The molecule has 0 spiro atoms. The zero-order valence-electron chi connectivity index (χ0n) is 7.79.